The van der Waals surface area contributed by atoms with Crippen LogP contribution in [-0.4, -0.2) is 50.0 Å². The van der Waals surface area contributed by atoms with E-state index in [4.69, 9.17) is 11.6 Å². The number of sulfonamides is 1. The summed E-state index contributed by atoms with van der Waals surface area (Å²) in [5.74, 6) is -0.483. The Morgan fingerprint density at radius 1 is 0.951 bits per heavy atom. The maximum atomic E-state index is 13.9. The summed E-state index contributed by atoms with van der Waals surface area (Å²) in [5.41, 5.74) is 3.23. The topological polar surface area (TPSA) is 86.8 Å². The maximum Gasteiger partial charge on any atom is 0.243 e. The van der Waals surface area contributed by atoms with E-state index in [1.165, 1.54) is 4.31 Å². The first-order valence-electron chi connectivity index (χ1n) is 13.9. The maximum absolute atomic E-state index is 13.9. The molecule has 2 amide bonds. The molecule has 0 unspecified atom stereocenters. The number of hydrogen-bond acceptors (Lipinski definition) is 4. The van der Waals surface area contributed by atoms with Crippen molar-refractivity contribution in [3.05, 3.63) is 101 Å². The number of nitrogens with zero attached hydrogens (tertiary/aromatic N) is 2. The van der Waals surface area contributed by atoms with Gasteiger partial charge < -0.3 is 10.2 Å². The van der Waals surface area contributed by atoms with Gasteiger partial charge in [0.1, 0.15) is 6.04 Å². The molecule has 1 N–H and O–H groups in total. The van der Waals surface area contributed by atoms with Gasteiger partial charge >= 0.3 is 0 Å². The van der Waals surface area contributed by atoms with Crippen LogP contribution in [0.4, 0.5) is 5.69 Å². The van der Waals surface area contributed by atoms with Gasteiger partial charge in [-0.2, -0.15) is 0 Å². The lowest BCUT2D eigenvalue weighted by Crippen LogP contribution is -2.52. The first-order chi connectivity index (χ1) is 19.5. The molecular formula is C32H40ClN3O4S. The summed E-state index contributed by atoms with van der Waals surface area (Å²) in [7, 11) is -3.56. The normalized spacial score (nSPS) is 12.8. The third kappa shape index (κ3) is 9.61. The summed E-state index contributed by atoms with van der Waals surface area (Å²) in [6.45, 7) is 6.14. The molecular weight excluding hydrogens is 558 g/mol. The van der Waals surface area contributed by atoms with Crippen LogP contribution in [-0.2, 0) is 32.6 Å². The summed E-state index contributed by atoms with van der Waals surface area (Å²) in [5, 5.41) is 3.56. The molecule has 2 atom stereocenters. The second-order valence-corrected chi connectivity index (χ2v) is 12.7. The Kier molecular flexibility index (Phi) is 11.8. The Morgan fingerprint density at radius 3 is 2.20 bits per heavy atom. The van der Waals surface area contributed by atoms with Gasteiger partial charge in [0.05, 0.1) is 11.9 Å². The molecule has 0 spiro atoms. The molecule has 0 radical (unpaired) electrons. The van der Waals surface area contributed by atoms with Gasteiger partial charge in [-0.15, -0.1) is 0 Å². The number of carbonyl (C=O) groups excluding carboxylic acids is 2. The minimum Gasteiger partial charge on any atom is -0.352 e. The molecule has 0 fully saturated rings. The molecule has 3 aromatic rings. The van der Waals surface area contributed by atoms with Gasteiger partial charge in [-0.25, -0.2) is 8.42 Å². The molecule has 0 saturated heterocycles. The van der Waals surface area contributed by atoms with Gasteiger partial charge in [0.25, 0.3) is 0 Å². The van der Waals surface area contributed by atoms with Gasteiger partial charge in [0.15, 0.2) is 0 Å². The standard InChI is InChI=1S/C32H40ClN3O4S/c1-5-25(3)34-32(38)30(22-26-12-7-6-8-13-26)35(23-27-14-9-10-15-29(27)33)31(37)16-11-21-36(41(4,39)40)28-19-17-24(2)18-20-28/h6-10,12-15,17-20,25,30H,5,11,16,21-23H2,1-4H3,(H,34,38)/t25-,30-/m1/s1. The fourth-order valence-electron chi connectivity index (χ4n) is 4.52. The molecule has 0 aliphatic heterocycles. The first-order valence-corrected chi connectivity index (χ1v) is 16.1. The Balaban J connectivity index is 1.89. The molecule has 220 valence electrons. The van der Waals surface area contributed by atoms with Gasteiger partial charge in [-0.1, -0.05) is 84.8 Å². The highest BCUT2D eigenvalue weighted by Gasteiger charge is 2.31. The molecule has 0 bridgehead atoms. The number of hydrogen-bond donors (Lipinski definition) is 1. The van der Waals surface area contributed by atoms with Crippen molar-refractivity contribution < 1.29 is 18.0 Å². The molecule has 9 heteroatoms. The number of rotatable bonds is 14. The van der Waals surface area contributed by atoms with Crippen molar-refractivity contribution in [1.29, 1.82) is 0 Å². The lowest BCUT2D eigenvalue weighted by Gasteiger charge is -2.33. The quantitative estimate of drug-likeness (QED) is 0.256. The zero-order valence-corrected chi connectivity index (χ0v) is 25.8. The Labute approximate surface area is 249 Å². The van der Waals surface area contributed by atoms with E-state index >= 15 is 0 Å². The monoisotopic (exact) mass is 597 g/mol. The number of amides is 2. The van der Waals surface area contributed by atoms with Crippen LogP contribution in [0.1, 0.15) is 49.8 Å². The molecule has 41 heavy (non-hydrogen) atoms. The molecule has 3 rings (SSSR count). The SMILES string of the molecule is CC[C@@H](C)NC(=O)[C@@H](Cc1ccccc1)N(Cc1ccccc1Cl)C(=O)CCCN(c1ccc(C)cc1)S(C)(=O)=O. The van der Waals surface area contributed by atoms with E-state index in [2.05, 4.69) is 5.32 Å². The van der Waals surface area contributed by atoms with Crippen LogP contribution >= 0.6 is 11.6 Å². The average Bonchev–Trinajstić information content (AvgIpc) is 2.94. The number of carbonyl (C=O) groups is 2. The summed E-state index contributed by atoms with van der Waals surface area (Å²) < 4.78 is 26.5. The second kappa shape index (κ2) is 15.0. The number of benzene rings is 3. The van der Waals surface area contributed by atoms with Crippen molar-refractivity contribution in [2.75, 3.05) is 17.1 Å². The van der Waals surface area contributed by atoms with Crippen LogP contribution in [0.25, 0.3) is 0 Å². The molecule has 0 saturated carbocycles. The van der Waals surface area contributed by atoms with Crippen LogP contribution < -0.4 is 9.62 Å². The van der Waals surface area contributed by atoms with Gasteiger partial charge in [0.2, 0.25) is 21.8 Å². The highest BCUT2D eigenvalue weighted by molar-refractivity contribution is 7.92. The number of nitrogens with one attached hydrogen (secondary N) is 1. The zero-order chi connectivity index (χ0) is 30.0. The van der Waals surface area contributed by atoms with Crippen molar-refractivity contribution >= 4 is 39.1 Å². The molecule has 3 aromatic carbocycles. The minimum absolute atomic E-state index is 0.0594. The second-order valence-electron chi connectivity index (χ2n) is 10.4. The average molecular weight is 598 g/mol. The predicted octanol–water partition coefficient (Wildman–Crippen LogP) is 5.75. The fourth-order valence-corrected chi connectivity index (χ4v) is 5.68. The molecule has 0 heterocycles. The Hall–Kier alpha value is -3.36. The Morgan fingerprint density at radius 2 is 1.59 bits per heavy atom. The molecule has 0 aromatic heterocycles. The van der Waals surface area contributed by atoms with E-state index in [1.54, 1.807) is 23.1 Å². The van der Waals surface area contributed by atoms with Gasteiger partial charge in [0, 0.05) is 37.0 Å². The smallest absolute Gasteiger partial charge is 0.243 e. The summed E-state index contributed by atoms with van der Waals surface area (Å²) in [4.78, 5) is 29.1. The lowest BCUT2D eigenvalue weighted by atomic mass is 10.0. The Bertz CT molecular complexity index is 1400. The van der Waals surface area contributed by atoms with E-state index in [9.17, 15) is 18.0 Å². The van der Waals surface area contributed by atoms with Crippen LogP contribution in [0.5, 0.6) is 0 Å². The summed E-state index contributed by atoms with van der Waals surface area (Å²) >= 11 is 6.49. The molecule has 0 aliphatic rings. The largest absolute Gasteiger partial charge is 0.352 e. The third-order valence-electron chi connectivity index (χ3n) is 7.04. The van der Waals surface area contributed by atoms with Crippen molar-refractivity contribution in [2.24, 2.45) is 0 Å². The van der Waals surface area contributed by atoms with Gasteiger partial charge in [-0.05, 0) is 56.0 Å². The van der Waals surface area contributed by atoms with Crippen molar-refractivity contribution in [3.8, 4) is 0 Å². The third-order valence-corrected chi connectivity index (χ3v) is 8.61. The minimum atomic E-state index is -3.56. The first kappa shape index (κ1) is 32.2. The van der Waals surface area contributed by atoms with Crippen molar-refractivity contribution in [2.45, 2.75) is 65.1 Å². The molecule has 0 aliphatic carbocycles. The zero-order valence-electron chi connectivity index (χ0n) is 24.2. The summed E-state index contributed by atoms with van der Waals surface area (Å²) in [6.07, 6.45) is 2.59. The number of halogens is 1. The van der Waals surface area contributed by atoms with Crippen LogP contribution in [0.2, 0.25) is 5.02 Å². The van der Waals surface area contributed by atoms with Crippen LogP contribution in [0.15, 0.2) is 78.9 Å². The molecule has 7 nitrogen and oxygen atoms in total. The van der Waals surface area contributed by atoms with E-state index in [0.29, 0.717) is 17.1 Å². The number of aryl methyl sites for hydroxylation is 1. The number of anilines is 1. The summed E-state index contributed by atoms with van der Waals surface area (Å²) in [6, 6.07) is 23.3. The van der Waals surface area contributed by atoms with Crippen molar-refractivity contribution in [1.82, 2.24) is 10.2 Å². The fraction of sp³-hybridized carbons (Fsp3) is 0.375. The van der Waals surface area contributed by atoms with E-state index in [1.807, 2.05) is 81.4 Å². The highest BCUT2D eigenvalue weighted by Crippen LogP contribution is 2.23. The van der Waals surface area contributed by atoms with E-state index in [0.717, 1.165) is 29.4 Å². The van der Waals surface area contributed by atoms with Crippen LogP contribution in [0.3, 0.4) is 0 Å². The van der Waals surface area contributed by atoms with Crippen LogP contribution in [0, 0.1) is 6.92 Å². The van der Waals surface area contributed by atoms with Gasteiger partial charge in [-0.3, -0.25) is 13.9 Å². The van der Waals surface area contributed by atoms with E-state index in [-0.39, 0.29) is 43.8 Å². The predicted molar refractivity (Wildman–Crippen MR) is 166 cm³/mol. The lowest BCUT2D eigenvalue weighted by molar-refractivity contribution is -0.141. The van der Waals surface area contributed by atoms with E-state index < -0.39 is 16.1 Å². The highest BCUT2D eigenvalue weighted by atomic mass is 35.5. The van der Waals surface area contributed by atoms with Crippen molar-refractivity contribution in [3.63, 3.8) is 0 Å².